The first-order valence-electron chi connectivity index (χ1n) is 12.0. The number of rotatable bonds is 7. The molecular formula is C23H29ClN6O4. The van der Waals surface area contributed by atoms with Crippen molar-refractivity contribution < 1.29 is 19.3 Å². The van der Waals surface area contributed by atoms with Gasteiger partial charge >= 0.3 is 0 Å². The minimum atomic E-state index is -0.623. The maximum Gasteiger partial charge on any atom is 0.296 e. The highest BCUT2D eigenvalue weighted by atomic mass is 35.5. The zero-order valence-electron chi connectivity index (χ0n) is 18.8. The van der Waals surface area contributed by atoms with Gasteiger partial charge < -0.3 is 29.6 Å². The number of aliphatic hydroxyl groups excluding tert-OH is 1. The highest BCUT2D eigenvalue weighted by Gasteiger charge is 2.48. The summed E-state index contributed by atoms with van der Waals surface area (Å²) in [6.07, 6.45) is 7.03. The van der Waals surface area contributed by atoms with Crippen molar-refractivity contribution in [3.05, 3.63) is 29.0 Å². The van der Waals surface area contributed by atoms with Crippen molar-refractivity contribution in [1.29, 1.82) is 0 Å². The average molecular weight is 489 g/mol. The number of halogens is 1. The lowest BCUT2D eigenvalue weighted by Crippen LogP contribution is -2.34. The molecule has 3 fully saturated rings. The summed E-state index contributed by atoms with van der Waals surface area (Å²) in [6.45, 7) is 2.09. The van der Waals surface area contributed by atoms with Crippen LogP contribution in [0.3, 0.4) is 0 Å². The van der Waals surface area contributed by atoms with Gasteiger partial charge in [-0.15, -0.1) is 0 Å². The quantitative estimate of drug-likeness (QED) is 0.464. The van der Waals surface area contributed by atoms with Gasteiger partial charge in [0.25, 0.3) is 6.01 Å². The van der Waals surface area contributed by atoms with Gasteiger partial charge in [0.2, 0.25) is 0 Å². The third-order valence-electron chi connectivity index (χ3n) is 6.95. The summed E-state index contributed by atoms with van der Waals surface area (Å²) in [6, 6.07) is 4.12. The number of aromatic nitrogens is 5. The average Bonchev–Trinajstić information content (AvgIpc) is 3.60. The van der Waals surface area contributed by atoms with E-state index in [-0.39, 0.29) is 24.9 Å². The Morgan fingerprint density at radius 2 is 2.03 bits per heavy atom. The van der Waals surface area contributed by atoms with Crippen molar-refractivity contribution in [3.63, 3.8) is 0 Å². The molecule has 182 valence electrons. The van der Waals surface area contributed by atoms with Crippen molar-refractivity contribution in [2.75, 3.05) is 18.5 Å². The molecule has 1 aliphatic carbocycles. The van der Waals surface area contributed by atoms with Crippen LogP contribution in [0, 0.1) is 5.92 Å². The molecule has 0 unspecified atom stereocenters. The van der Waals surface area contributed by atoms with Crippen molar-refractivity contribution >= 4 is 28.6 Å². The van der Waals surface area contributed by atoms with Gasteiger partial charge in [0, 0.05) is 12.7 Å². The van der Waals surface area contributed by atoms with E-state index in [1.807, 2.05) is 16.9 Å². The Labute approximate surface area is 202 Å². The van der Waals surface area contributed by atoms with Gasteiger partial charge in [-0.05, 0) is 30.9 Å². The van der Waals surface area contributed by atoms with Gasteiger partial charge in [-0.1, -0.05) is 30.9 Å². The Hall–Kier alpha value is -2.40. The highest BCUT2D eigenvalue weighted by molar-refractivity contribution is 6.33. The highest BCUT2D eigenvalue weighted by Crippen LogP contribution is 2.31. The van der Waals surface area contributed by atoms with Gasteiger partial charge in [-0.2, -0.15) is 10.1 Å². The number of aromatic amines is 1. The first-order chi connectivity index (χ1) is 16.6. The van der Waals surface area contributed by atoms with Gasteiger partial charge in [-0.3, -0.25) is 4.68 Å². The summed E-state index contributed by atoms with van der Waals surface area (Å²) in [4.78, 5) is 12.1. The first kappa shape index (κ1) is 22.1. The van der Waals surface area contributed by atoms with Crippen LogP contribution >= 0.6 is 11.6 Å². The molecule has 5 heterocycles. The second kappa shape index (κ2) is 9.33. The number of anilines is 1. The summed E-state index contributed by atoms with van der Waals surface area (Å²) in [5, 5.41) is 18.4. The molecular weight excluding hydrogens is 460 g/mol. The fourth-order valence-electron chi connectivity index (χ4n) is 5.17. The molecule has 11 heteroatoms. The predicted molar refractivity (Wildman–Crippen MR) is 125 cm³/mol. The Morgan fingerprint density at radius 3 is 2.91 bits per heavy atom. The molecule has 3 aromatic heterocycles. The molecule has 0 spiro atoms. The normalized spacial score (nSPS) is 27.4. The number of fused-ring (bicyclic) bond motifs is 2. The number of imidazole rings is 1. The van der Waals surface area contributed by atoms with Crippen LogP contribution in [0.2, 0.25) is 5.02 Å². The lowest BCUT2D eigenvalue weighted by atomic mass is 9.89. The van der Waals surface area contributed by atoms with E-state index in [2.05, 4.69) is 20.3 Å². The predicted octanol–water partition coefficient (Wildman–Crippen LogP) is 2.91. The molecule has 1 saturated carbocycles. The minimum Gasteiger partial charge on any atom is -0.456 e. The molecule has 2 aliphatic heterocycles. The smallest absolute Gasteiger partial charge is 0.296 e. The number of nitrogens with one attached hydrogen (secondary N) is 2. The van der Waals surface area contributed by atoms with Crippen molar-refractivity contribution in [1.82, 2.24) is 24.7 Å². The molecule has 2 saturated heterocycles. The molecule has 3 aliphatic rings. The maximum absolute atomic E-state index is 9.90. The molecule has 3 aromatic rings. The molecule has 34 heavy (non-hydrogen) atoms. The Morgan fingerprint density at radius 1 is 1.18 bits per heavy atom. The second-order valence-electron chi connectivity index (χ2n) is 9.44. The number of nitrogens with zero attached hydrogens (tertiary/aromatic N) is 4. The molecule has 6 rings (SSSR count). The maximum atomic E-state index is 9.90. The van der Waals surface area contributed by atoms with Crippen LogP contribution in [0.25, 0.3) is 11.2 Å². The summed E-state index contributed by atoms with van der Waals surface area (Å²) >= 11 is 6.47. The van der Waals surface area contributed by atoms with Crippen molar-refractivity contribution in [3.8, 4) is 6.01 Å². The van der Waals surface area contributed by atoms with Gasteiger partial charge in [0.05, 0.1) is 36.0 Å². The van der Waals surface area contributed by atoms with E-state index in [0.29, 0.717) is 41.2 Å². The zero-order valence-corrected chi connectivity index (χ0v) is 19.6. The Balaban J connectivity index is 1.09. The largest absolute Gasteiger partial charge is 0.456 e. The lowest BCUT2D eigenvalue weighted by molar-refractivity contribution is 0.00706. The van der Waals surface area contributed by atoms with Crippen LogP contribution < -0.4 is 10.1 Å². The second-order valence-corrected chi connectivity index (χ2v) is 9.85. The molecule has 0 radical (unpaired) electrons. The Kier molecular flexibility index (Phi) is 6.06. The van der Waals surface area contributed by atoms with Crippen LogP contribution in [0.1, 0.15) is 37.8 Å². The van der Waals surface area contributed by atoms with E-state index >= 15 is 0 Å². The molecule has 0 aromatic carbocycles. The number of H-pyrrole nitrogens is 1. The minimum absolute atomic E-state index is 0.250. The van der Waals surface area contributed by atoms with Crippen LogP contribution in [-0.4, -0.2) is 67.5 Å². The number of hydrogen-bond acceptors (Lipinski definition) is 8. The van der Waals surface area contributed by atoms with Gasteiger partial charge in [0.1, 0.15) is 24.1 Å². The van der Waals surface area contributed by atoms with E-state index in [9.17, 15) is 5.11 Å². The van der Waals surface area contributed by atoms with Crippen LogP contribution in [0.4, 0.5) is 5.82 Å². The van der Waals surface area contributed by atoms with Crippen LogP contribution in [0.5, 0.6) is 6.01 Å². The summed E-state index contributed by atoms with van der Waals surface area (Å²) in [5.41, 5.74) is 2.10. The van der Waals surface area contributed by atoms with E-state index < -0.39 is 6.10 Å². The SMILES string of the molecule is O[C@@H]1CO[C@H]2[C@@H]1OC[C@H]2Oc1nc2nc(NCc3ccn(CC4CCCCC4)n3)c(Cl)cc2[nH]1. The van der Waals surface area contributed by atoms with Crippen molar-refractivity contribution in [2.24, 2.45) is 5.92 Å². The zero-order chi connectivity index (χ0) is 23.1. The van der Waals surface area contributed by atoms with Gasteiger partial charge in [-0.25, -0.2) is 4.98 Å². The van der Waals surface area contributed by atoms with E-state index in [4.69, 9.17) is 30.9 Å². The summed E-state index contributed by atoms with van der Waals surface area (Å²) in [5.74, 6) is 1.27. The molecule has 10 nitrogen and oxygen atoms in total. The molecule has 0 bridgehead atoms. The number of ether oxygens (including phenoxy) is 3. The number of hydrogen-bond donors (Lipinski definition) is 3. The van der Waals surface area contributed by atoms with Crippen LogP contribution in [0.15, 0.2) is 18.3 Å². The van der Waals surface area contributed by atoms with E-state index in [1.54, 1.807) is 6.07 Å². The number of aliphatic hydroxyl groups is 1. The van der Waals surface area contributed by atoms with E-state index in [0.717, 1.165) is 18.2 Å². The molecule has 4 atom stereocenters. The fourth-order valence-corrected chi connectivity index (χ4v) is 5.39. The molecule has 0 amide bonds. The third kappa shape index (κ3) is 4.47. The molecule has 3 N–H and O–H groups in total. The summed E-state index contributed by atoms with van der Waals surface area (Å²) in [7, 11) is 0. The van der Waals surface area contributed by atoms with Crippen molar-refractivity contribution in [2.45, 2.75) is 69.6 Å². The van der Waals surface area contributed by atoms with Crippen LogP contribution in [-0.2, 0) is 22.6 Å². The van der Waals surface area contributed by atoms with E-state index in [1.165, 1.54) is 32.1 Å². The van der Waals surface area contributed by atoms with Gasteiger partial charge in [0.15, 0.2) is 11.8 Å². The fraction of sp³-hybridized carbons (Fsp3) is 0.609. The Bertz CT molecular complexity index is 1150. The number of pyridine rings is 1. The third-order valence-corrected chi connectivity index (χ3v) is 7.24. The summed E-state index contributed by atoms with van der Waals surface area (Å²) < 4.78 is 19.2. The monoisotopic (exact) mass is 488 g/mol. The first-order valence-corrected chi connectivity index (χ1v) is 12.4. The topological polar surface area (TPSA) is 119 Å². The standard InChI is InChI=1S/C23H29ClN6O4/c24-15-8-16-22(28-23(26-16)34-18-12-33-19-17(31)11-32-20(18)19)27-21(15)25-9-14-6-7-30(29-14)10-13-4-2-1-3-5-13/h6-8,13,17-20,31H,1-5,9-12H2,(H2,25,26,27,28)/t17-,18-,19-,20-/m1/s1. The lowest BCUT2D eigenvalue weighted by Gasteiger charge is -2.21.